The number of ether oxygens (including phenoxy) is 1. The molecule has 4 rings (SSSR count). The van der Waals surface area contributed by atoms with E-state index in [-0.39, 0.29) is 23.5 Å². The third kappa shape index (κ3) is 5.09. The smallest absolute Gasteiger partial charge is 0.264 e. The Kier molecular flexibility index (Phi) is 7.04. The molecule has 2 aromatic carbocycles. The van der Waals surface area contributed by atoms with E-state index in [2.05, 4.69) is 5.32 Å². The molecule has 1 amide bonds. The minimum Gasteiger partial charge on any atom is -0.484 e. The zero-order valence-electron chi connectivity index (χ0n) is 18.7. The average Bonchev–Trinajstić information content (AvgIpc) is 3.06. The molecule has 7 heteroatoms. The second kappa shape index (κ2) is 9.94. The standard InChI is InChI=1S/C25H32N2O4S/c1-19-17-22(32(29,30)27-16-8-10-20-9-6-7-13-23(20)27)14-15-24(19)31-18-25(28)26-21-11-4-2-3-5-12-21/h6-7,9,13-15,17,21H,2-5,8,10-12,16,18H2,1H3,(H,26,28). The fourth-order valence-electron chi connectivity index (χ4n) is 4.66. The fraction of sp³-hybridized carbons (Fsp3) is 0.480. The minimum atomic E-state index is -3.67. The SMILES string of the molecule is Cc1cc(S(=O)(=O)N2CCCc3ccccc32)ccc1OCC(=O)NC1CCCCCC1. The maximum Gasteiger partial charge on any atom is 0.264 e. The van der Waals surface area contributed by atoms with Crippen molar-refractivity contribution in [2.24, 2.45) is 0 Å². The first kappa shape index (κ1) is 22.6. The molecule has 2 aliphatic rings. The Morgan fingerprint density at radius 3 is 2.56 bits per heavy atom. The van der Waals surface area contributed by atoms with Crippen LogP contribution >= 0.6 is 0 Å². The highest BCUT2D eigenvalue weighted by atomic mass is 32.2. The number of carbonyl (C=O) groups excluding carboxylic acids is 1. The normalized spacial score (nSPS) is 17.3. The molecule has 1 aliphatic heterocycles. The van der Waals surface area contributed by atoms with Crippen molar-refractivity contribution in [1.29, 1.82) is 0 Å². The first-order valence-corrected chi connectivity index (χ1v) is 13.0. The lowest BCUT2D eigenvalue weighted by Crippen LogP contribution is -2.37. The highest BCUT2D eigenvalue weighted by molar-refractivity contribution is 7.92. The Hall–Kier alpha value is -2.54. The zero-order valence-corrected chi connectivity index (χ0v) is 19.5. The topological polar surface area (TPSA) is 75.7 Å². The number of carbonyl (C=O) groups is 1. The zero-order chi connectivity index (χ0) is 22.6. The quantitative estimate of drug-likeness (QED) is 0.656. The van der Waals surface area contributed by atoms with Gasteiger partial charge in [-0.05, 0) is 68.0 Å². The van der Waals surface area contributed by atoms with Crippen molar-refractivity contribution in [2.45, 2.75) is 69.2 Å². The van der Waals surface area contributed by atoms with E-state index in [1.54, 1.807) is 18.2 Å². The summed E-state index contributed by atoms with van der Waals surface area (Å²) in [5.74, 6) is 0.400. The van der Waals surface area contributed by atoms with Crippen LogP contribution in [0.4, 0.5) is 5.69 Å². The molecule has 1 heterocycles. The van der Waals surface area contributed by atoms with E-state index in [1.807, 2.05) is 31.2 Å². The Labute approximate surface area is 191 Å². The third-order valence-electron chi connectivity index (χ3n) is 6.38. The molecule has 0 radical (unpaired) electrons. The molecule has 2 aromatic rings. The van der Waals surface area contributed by atoms with Crippen LogP contribution in [-0.4, -0.2) is 33.5 Å². The summed E-state index contributed by atoms with van der Waals surface area (Å²) in [5.41, 5.74) is 2.50. The Bertz CT molecular complexity index is 1060. The number of hydrogen-bond acceptors (Lipinski definition) is 4. The molecule has 0 spiro atoms. The van der Waals surface area contributed by atoms with Crippen LogP contribution in [0, 0.1) is 6.92 Å². The molecule has 0 atom stereocenters. The van der Waals surface area contributed by atoms with Crippen LogP contribution in [-0.2, 0) is 21.2 Å². The van der Waals surface area contributed by atoms with Crippen molar-refractivity contribution in [2.75, 3.05) is 17.5 Å². The lowest BCUT2D eigenvalue weighted by atomic mass is 10.0. The van der Waals surface area contributed by atoms with Crippen molar-refractivity contribution in [3.05, 3.63) is 53.6 Å². The molecule has 1 fully saturated rings. The molecule has 6 nitrogen and oxygen atoms in total. The summed E-state index contributed by atoms with van der Waals surface area (Å²) in [7, 11) is -3.67. The molecule has 1 N–H and O–H groups in total. The number of aryl methyl sites for hydroxylation is 2. The second-order valence-electron chi connectivity index (χ2n) is 8.78. The summed E-state index contributed by atoms with van der Waals surface area (Å²) in [6.07, 6.45) is 8.52. The number of benzene rings is 2. The number of rotatable bonds is 6. The maximum absolute atomic E-state index is 13.4. The summed E-state index contributed by atoms with van der Waals surface area (Å²) in [6, 6.07) is 12.7. The molecule has 0 unspecified atom stereocenters. The van der Waals surface area contributed by atoms with Gasteiger partial charge in [-0.2, -0.15) is 0 Å². The number of fused-ring (bicyclic) bond motifs is 1. The van der Waals surface area contributed by atoms with Crippen LogP contribution < -0.4 is 14.4 Å². The predicted octanol–water partition coefficient (Wildman–Crippen LogP) is 4.35. The fourth-order valence-corrected chi connectivity index (χ4v) is 6.28. The lowest BCUT2D eigenvalue weighted by Gasteiger charge is -2.30. The molecule has 32 heavy (non-hydrogen) atoms. The largest absolute Gasteiger partial charge is 0.484 e. The maximum atomic E-state index is 13.4. The molecule has 0 aromatic heterocycles. The van der Waals surface area contributed by atoms with Crippen LogP contribution in [0.1, 0.15) is 56.1 Å². The van der Waals surface area contributed by atoms with Crippen LogP contribution in [0.15, 0.2) is 47.4 Å². The van der Waals surface area contributed by atoms with E-state index in [1.165, 1.54) is 17.1 Å². The first-order chi connectivity index (χ1) is 15.4. The Morgan fingerprint density at radius 2 is 1.81 bits per heavy atom. The van der Waals surface area contributed by atoms with E-state index in [4.69, 9.17) is 4.74 Å². The number of nitrogens with zero attached hydrogens (tertiary/aromatic N) is 1. The number of amides is 1. The van der Waals surface area contributed by atoms with Crippen molar-refractivity contribution in [3.8, 4) is 5.75 Å². The highest BCUT2D eigenvalue weighted by Crippen LogP contribution is 2.33. The van der Waals surface area contributed by atoms with Gasteiger partial charge in [0.05, 0.1) is 10.6 Å². The van der Waals surface area contributed by atoms with Crippen molar-refractivity contribution in [1.82, 2.24) is 5.32 Å². The van der Waals surface area contributed by atoms with Gasteiger partial charge in [-0.25, -0.2) is 8.42 Å². The van der Waals surface area contributed by atoms with E-state index in [0.717, 1.165) is 49.8 Å². The molecule has 0 bridgehead atoms. The van der Waals surface area contributed by atoms with Crippen LogP contribution in [0.25, 0.3) is 0 Å². The average molecular weight is 457 g/mol. The summed E-state index contributed by atoms with van der Waals surface area (Å²) >= 11 is 0. The molecule has 1 saturated carbocycles. The number of nitrogens with one attached hydrogen (secondary N) is 1. The lowest BCUT2D eigenvalue weighted by molar-refractivity contribution is -0.123. The van der Waals surface area contributed by atoms with Crippen LogP contribution in [0.5, 0.6) is 5.75 Å². The van der Waals surface area contributed by atoms with Gasteiger partial charge >= 0.3 is 0 Å². The van der Waals surface area contributed by atoms with E-state index >= 15 is 0 Å². The van der Waals surface area contributed by atoms with Gasteiger partial charge in [-0.3, -0.25) is 9.10 Å². The Balaban J connectivity index is 1.42. The van der Waals surface area contributed by atoms with Gasteiger partial charge in [0, 0.05) is 12.6 Å². The van der Waals surface area contributed by atoms with E-state index in [0.29, 0.717) is 17.9 Å². The second-order valence-corrected chi connectivity index (χ2v) is 10.6. The first-order valence-electron chi connectivity index (χ1n) is 11.6. The molecule has 1 aliphatic carbocycles. The molecular formula is C25H32N2O4S. The van der Waals surface area contributed by atoms with Crippen molar-refractivity contribution >= 4 is 21.6 Å². The third-order valence-corrected chi connectivity index (χ3v) is 8.19. The van der Waals surface area contributed by atoms with E-state index in [9.17, 15) is 13.2 Å². The van der Waals surface area contributed by atoms with E-state index < -0.39 is 10.0 Å². The number of para-hydroxylation sites is 1. The van der Waals surface area contributed by atoms with Gasteiger partial charge in [-0.15, -0.1) is 0 Å². The van der Waals surface area contributed by atoms with Gasteiger partial charge in [-0.1, -0.05) is 43.9 Å². The van der Waals surface area contributed by atoms with Gasteiger partial charge in [0.15, 0.2) is 6.61 Å². The van der Waals surface area contributed by atoms with Gasteiger partial charge in [0.2, 0.25) is 0 Å². The number of sulfonamides is 1. The number of anilines is 1. The van der Waals surface area contributed by atoms with Crippen LogP contribution in [0.3, 0.4) is 0 Å². The predicted molar refractivity (Wildman–Crippen MR) is 126 cm³/mol. The molecule has 0 saturated heterocycles. The summed E-state index contributed by atoms with van der Waals surface area (Å²) in [4.78, 5) is 12.6. The minimum absolute atomic E-state index is 0.0665. The molecular weight excluding hydrogens is 424 g/mol. The summed E-state index contributed by atoms with van der Waals surface area (Å²) in [5, 5.41) is 3.07. The van der Waals surface area contributed by atoms with Crippen molar-refractivity contribution < 1.29 is 17.9 Å². The van der Waals surface area contributed by atoms with Gasteiger partial charge < -0.3 is 10.1 Å². The number of hydrogen-bond donors (Lipinski definition) is 1. The van der Waals surface area contributed by atoms with Gasteiger partial charge in [0.25, 0.3) is 15.9 Å². The summed E-state index contributed by atoms with van der Waals surface area (Å²) < 4.78 is 33.9. The van der Waals surface area contributed by atoms with Crippen molar-refractivity contribution in [3.63, 3.8) is 0 Å². The summed E-state index contributed by atoms with van der Waals surface area (Å²) in [6.45, 7) is 2.21. The molecule has 172 valence electrons. The monoisotopic (exact) mass is 456 g/mol. The van der Waals surface area contributed by atoms with Gasteiger partial charge in [0.1, 0.15) is 5.75 Å². The highest BCUT2D eigenvalue weighted by Gasteiger charge is 2.29. The Morgan fingerprint density at radius 1 is 1.06 bits per heavy atom. The van der Waals surface area contributed by atoms with Crippen LogP contribution in [0.2, 0.25) is 0 Å².